The van der Waals surface area contributed by atoms with Gasteiger partial charge in [0, 0.05) is 6.20 Å². The van der Waals surface area contributed by atoms with Crippen molar-refractivity contribution in [1.82, 2.24) is 4.90 Å². The molecule has 160 valence electrons. The lowest BCUT2D eigenvalue weighted by molar-refractivity contribution is -0.139. The zero-order valence-corrected chi connectivity index (χ0v) is 19.3. The Hall–Kier alpha value is -2.41. The summed E-state index contributed by atoms with van der Waals surface area (Å²) in [6, 6.07) is 12.8. The summed E-state index contributed by atoms with van der Waals surface area (Å²) in [5.41, 5.74) is 3.01. The summed E-state index contributed by atoms with van der Waals surface area (Å²) in [5.74, 6) is 0.324. The van der Waals surface area contributed by atoms with Gasteiger partial charge in [-0.2, -0.15) is 0 Å². The zero-order chi connectivity index (χ0) is 22.0. The van der Waals surface area contributed by atoms with E-state index in [0.717, 1.165) is 16.3 Å². The highest BCUT2D eigenvalue weighted by Gasteiger charge is 2.37. The third kappa shape index (κ3) is 4.61. The first kappa shape index (κ1) is 21.8. The van der Waals surface area contributed by atoms with Crippen LogP contribution < -0.4 is 4.74 Å². The molecule has 5 nitrogen and oxygen atoms in total. The number of halogens is 2. The molecule has 0 saturated carbocycles. The van der Waals surface area contributed by atoms with Gasteiger partial charge in [0.15, 0.2) is 5.17 Å². The first-order valence-electron chi connectivity index (χ1n) is 9.73. The Bertz CT molecular complexity index is 1110. The summed E-state index contributed by atoms with van der Waals surface area (Å²) in [7, 11) is 0. The van der Waals surface area contributed by atoms with E-state index in [1.165, 1.54) is 11.8 Å². The molecular formula is C23H20Cl2N2O3S. The lowest BCUT2D eigenvalue weighted by Gasteiger charge is -2.33. The van der Waals surface area contributed by atoms with Crippen LogP contribution in [0, 0.1) is 0 Å². The molecule has 8 heteroatoms. The van der Waals surface area contributed by atoms with Gasteiger partial charge in [-0.3, -0.25) is 0 Å². The highest BCUT2D eigenvalue weighted by atomic mass is 35.5. The number of esters is 1. The van der Waals surface area contributed by atoms with Gasteiger partial charge in [-0.25, -0.2) is 9.79 Å². The number of carbonyl (C=O) groups is 1. The second-order valence-corrected chi connectivity index (χ2v) is 8.62. The molecular weight excluding hydrogens is 455 g/mol. The molecule has 1 atom stereocenters. The second kappa shape index (κ2) is 9.39. The van der Waals surface area contributed by atoms with Crippen molar-refractivity contribution in [2.75, 3.05) is 6.61 Å². The summed E-state index contributed by atoms with van der Waals surface area (Å²) >= 11 is 13.6. The molecule has 2 aliphatic rings. The average Bonchev–Trinajstić information content (AvgIpc) is 3.22. The summed E-state index contributed by atoms with van der Waals surface area (Å²) in [6.45, 7) is 4.28. The molecule has 2 heterocycles. The fourth-order valence-electron chi connectivity index (χ4n) is 3.47. The molecule has 0 amide bonds. The van der Waals surface area contributed by atoms with Crippen LogP contribution in [0.25, 0.3) is 0 Å². The predicted molar refractivity (Wildman–Crippen MR) is 125 cm³/mol. The Morgan fingerprint density at radius 3 is 2.81 bits per heavy atom. The van der Waals surface area contributed by atoms with Gasteiger partial charge in [0.05, 0.1) is 34.0 Å². The third-order valence-electron chi connectivity index (χ3n) is 4.88. The van der Waals surface area contributed by atoms with E-state index >= 15 is 0 Å². The van der Waals surface area contributed by atoms with Crippen molar-refractivity contribution in [3.05, 3.63) is 86.5 Å². The van der Waals surface area contributed by atoms with Crippen molar-refractivity contribution in [3.8, 4) is 5.75 Å². The Morgan fingerprint density at radius 1 is 1.19 bits per heavy atom. The fourth-order valence-corrected chi connectivity index (χ4v) is 4.58. The number of hydrogen-bond acceptors (Lipinski definition) is 6. The van der Waals surface area contributed by atoms with Crippen LogP contribution in [-0.2, 0) is 16.1 Å². The van der Waals surface area contributed by atoms with Gasteiger partial charge in [-0.05, 0) is 54.6 Å². The van der Waals surface area contributed by atoms with Crippen LogP contribution in [0.15, 0.2) is 70.3 Å². The van der Waals surface area contributed by atoms with Crippen LogP contribution in [0.4, 0.5) is 0 Å². The summed E-state index contributed by atoms with van der Waals surface area (Å²) in [5, 5.41) is 3.78. The van der Waals surface area contributed by atoms with Crippen molar-refractivity contribution in [2.24, 2.45) is 4.99 Å². The van der Waals surface area contributed by atoms with E-state index in [9.17, 15) is 4.79 Å². The Balaban J connectivity index is 1.62. The average molecular weight is 475 g/mol. The molecule has 2 aliphatic heterocycles. The summed E-state index contributed by atoms with van der Waals surface area (Å²) < 4.78 is 11.3. The standard InChI is InChI=1S/C23H20Cl2N2O3S/c1-3-29-22(28)20-14(2)26-23-27(9-10-31-23)21(20)16-5-4-6-17(12-16)30-13-15-7-8-18(24)19(25)11-15/h4-12,21H,3,13H2,1-2H3. The topological polar surface area (TPSA) is 51.1 Å². The van der Waals surface area contributed by atoms with Gasteiger partial charge in [-0.15, -0.1) is 0 Å². The van der Waals surface area contributed by atoms with Gasteiger partial charge >= 0.3 is 5.97 Å². The zero-order valence-electron chi connectivity index (χ0n) is 17.0. The molecule has 2 aromatic carbocycles. The van der Waals surface area contributed by atoms with Crippen LogP contribution in [0.3, 0.4) is 0 Å². The number of amidine groups is 1. The third-order valence-corrected chi connectivity index (χ3v) is 6.39. The number of nitrogens with zero attached hydrogens (tertiary/aromatic N) is 2. The van der Waals surface area contributed by atoms with E-state index < -0.39 is 0 Å². The van der Waals surface area contributed by atoms with Crippen molar-refractivity contribution in [3.63, 3.8) is 0 Å². The van der Waals surface area contributed by atoms with E-state index in [0.29, 0.717) is 40.3 Å². The van der Waals surface area contributed by atoms with Crippen molar-refractivity contribution in [2.45, 2.75) is 26.5 Å². The molecule has 0 bridgehead atoms. The van der Waals surface area contributed by atoms with Gasteiger partial charge in [0.1, 0.15) is 12.4 Å². The minimum absolute atomic E-state index is 0.302. The highest BCUT2D eigenvalue weighted by molar-refractivity contribution is 8.16. The van der Waals surface area contributed by atoms with Crippen LogP contribution in [0.1, 0.15) is 31.0 Å². The lowest BCUT2D eigenvalue weighted by Crippen LogP contribution is -2.34. The minimum atomic E-state index is -0.361. The molecule has 4 rings (SSSR count). The molecule has 31 heavy (non-hydrogen) atoms. The number of thioether (sulfide) groups is 1. The van der Waals surface area contributed by atoms with Gasteiger partial charge in [0.2, 0.25) is 0 Å². The summed E-state index contributed by atoms with van der Waals surface area (Å²) in [6.07, 6.45) is 1.93. The first-order chi connectivity index (χ1) is 15.0. The van der Waals surface area contributed by atoms with Crippen molar-refractivity contribution < 1.29 is 14.3 Å². The number of aliphatic imine (C=N–C) groups is 1. The predicted octanol–water partition coefficient (Wildman–Crippen LogP) is 6.34. The number of carbonyl (C=O) groups excluding carboxylic acids is 1. The normalized spacial score (nSPS) is 17.5. The van der Waals surface area contributed by atoms with Crippen molar-refractivity contribution in [1.29, 1.82) is 0 Å². The SMILES string of the molecule is CCOC(=O)C1=C(C)N=C2SC=CN2C1c1cccc(OCc2ccc(Cl)c(Cl)c2)c1. The van der Waals surface area contributed by atoms with E-state index in [2.05, 4.69) is 4.99 Å². The Kier molecular flexibility index (Phi) is 6.60. The Morgan fingerprint density at radius 2 is 2.03 bits per heavy atom. The number of rotatable bonds is 6. The number of ether oxygens (including phenoxy) is 2. The molecule has 0 spiro atoms. The van der Waals surface area contributed by atoms with Gasteiger partial charge < -0.3 is 14.4 Å². The summed E-state index contributed by atoms with van der Waals surface area (Å²) in [4.78, 5) is 19.3. The molecule has 0 saturated heterocycles. The molecule has 0 N–H and O–H groups in total. The quantitative estimate of drug-likeness (QED) is 0.457. The molecule has 2 aromatic rings. The van der Waals surface area contributed by atoms with Gasteiger partial charge in [0.25, 0.3) is 0 Å². The van der Waals surface area contributed by atoms with Gasteiger partial charge in [-0.1, -0.05) is 53.2 Å². The van der Waals surface area contributed by atoms with E-state index in [-0.39, 0.29) is 12.0 Å². The maximum absolute atomic E-state index is 12.8. The maximum atomic E-state index is 12.8. The van der Waals surface area contributed by atoms with Crippen LogP contribution in [0.5, 0.6) is 5.75 Å². The molecule has 1 unspecified atom stereocenters. The van der Waals surface area contributed by atoms with Crippen LogP contribution in [-0.4, -0.2) is 22.6 Å². The largest absolute Gasteiger partial charge is 0.489 e. The first-order valence-corrected chi connectivity index (χ1v) is 11.4. The minimum Gasteiger partial charge on any atom is -0.489 e. The number of allylic oxidation sites excluding steroid dienone is 1. The molecule has 0 aromatic heterocycles. The number of hydrogen-bond donors (Lipinski definition) is 0. The number of benzene rings is 2. The van der Waals surface area contributed by atoms with E-state index in [4.69, 9.17) is 32.7 Å². The highest BCUT2D eigenvalue weighted by Crippen LogP contribution is 2.41. The molecule has 0 fully saturated rings. The Labute approximate surface area is 195 Å². The number of fused-ring (bicyclic) bond motifs is 1. The van der Waals surface area contributed by atoms with Crippen LogP contribution >= 0.6 is 35.0 Å². The maximum Gasteiger partial charge on any atom is 0.338 e. The van der Waals surface area contributed by atoms with E-state index in [1.807, 2.05) is 53.8 Å². The van der Waals surface area contributed by atoms with E-state index in [1.54, 1.807) is 19.1 Å². The molecule has 0 aliphatic carbocycles. The second-order valence-electron chi connectivity index (χ2n) is 6.94. The van der Waals surface area contributed by atoms with Crippen molar-refractivity contribution >= 4 is 46.1 Å². The molecule has 0 radical (unpaired) electrons. The lowest BCUT2D eigenvalue weighted by atomic mass is 9.94. The smallest absolute Gasteiger partial charge is 0.338 e. The monoisotopic (exact) mass is 474 g/mol. The fraction of sp³-hybridized carbons (Fsp3) is 0.217. The van der Waals surface area contributed by atoms with Crippen LogP contribution in [0.2, 0.25) is 10.0 Å².